The summed E-state index contributed by atoms with van der Waals surface area (Å²) >= 11 is 11.2. The lowest BCUT2D eigenvalue weighted by Gasteiger charge is -2.18. The first-order valence-corrected chi connectivity index (χ1v) is 8.08. The molecular weight excluding hydrogens is 344 g/mol. The highest BCUT2D eigenvalue weighted by Crippen LogP contribution is 2.30. The van der Waals surface area contributed by atoms with Crippen LogP contribution < -0.4 is 0 Å². The summed E-state index contributed by atoms with van der Waals surface area (Å²) in [6.07, 6.45) is 0.356. The van der Waals surface area contributed by atoms with E-state index < -0.39 is 26.8 Å². The summed E-state index contributed by atoms with van der Waals surface area (Å²) in [5.74, 6) is -1.42. The number of hydrogen-bond acceptors (Lipinski definition) is 4. The summed E-state index contributed by atoms with van der Waals surface area (Å²) < 4.78 is 43.6. The molecule has 0 saturated carbocycles. The zero-order chi connectivity index (χ0) is 16.2. The zero-order valence-corrected chi connectivity index (χ0v) is 13.7. The van der Waals surface area contributed by atoms with E-state index in [0.29, 0.717) is 0 Å². The van der Waals surface area contributed by atoms with E-state index in [1.54, 1.807) is 0 Å². The van der Waals surface area contributed by atoms with Crippen molar-refractivity contribution in [2.24, 2.45) is 0 Å². The fourth-order valence-corrected chi connectivity index (χ4v) is 3.47. The van der Waals surface area contributed by atoms with Crippen LogP contribution in [0, 0.1) is 5.82 Å². The average molecular weight is 358 g/mol. The van der Waals surface area contributed by atoms with Crippen molar-refractivity contribution in [3.63, 3.8) is 0 Å². The first-order valence-electron chi connectivity index (χ1n) is 5.88. The molecule has 0 bridgehead atoms. The molecule has 1 aromatic rings. The second-order valence-corrected chi connectivity index (χ2v) is 6.98. The van der Waals surface area contributed by atoms with Crippen molar-refractivity contribution in [3.8, 4) is 0 Å². The van der Waals surface area contributed by atoms with Crippen molar-refractivity contribution >= 4 is 39.2 Å². The minimum atomic E-state index is -3.96. The second kappa shape index (κ2) is 7.40. The number of halogens is 3. The van der Waals surface area contributed by atoms with E-state index in [9.17, 15) is 17.6 Å². The lowest BCUT2D eigenvalue weighted by Crippen LogP contribution is -2.28. The monoisotopic (exact) mass is 357 g/mol. The molecular formula is C12H14Cl2FNO4S. The Hall–Kier alpha value is -0.890. The van der Waals surface area contributed by atoms with Gasteiger partial charge in [-0.1, -0.05) is 23.2 Å². The van der Waals surface area contributed by atoms with Gasteiger partial charge in [0.1, 0.15) is 4.90 Å². The van der Waals surface area contributed by atoms with Crippen LogP contribution in [0.3, 0.4) is 0 Å². The van der Waals surface area contributed by atoms with Crippen LogP contribution in [0.4, 0.5) is 4.39 Å². The maximum absolute atomic E-state index is 13.6. The number of ether oxygens (including phenoxy) is 1. The van der Waals surface area contributed by atoms with Gasteiger partial charge in [0.05, 0.1) is 17.2 Å². The van der Waals surface area contributed by atoms with Gasteiger partial charge in [-0.15, -0.1) is 0 Å². The number of esters is 1. The highest BCUT2D eigenvalue weighted by molar-refractivity contribution is 7.89. The number of sulfonamides is 1. The van der Waals surface area contributed by atoms with Crippen LogP contribution in [0.5, 0.6) is 0 Å². The smallest absolute Gasteiger partial charge is 0.305 e. The Morgan fingerprint density at radius 3 is 2.57 bits per heavy atom. The normalized spacial score (nSPS) is 11.7. The minimum absolute atomic E-state index is 0.0675. The molecule has 1 aromatic carbocycles. The molecule has 9 heteroatoms. The van der Waals surface area contributed by atoms with Crippen molar-refractivity contribution in [1.29, 1.82) is 0 Å². The van der Waals surface area contributed by atoms with Gasteiger partial charge in [-0.3, -0.25) is 4.79 Å². The van der Waals surface area contributed by atoms with Gasteiger partial charge in [-0.25, -0.2) is 17.1 Å². The standard InChI is InChI=1S/C12H14Cl2FNO4S/c1-16(7-3-4-10(17)20-2)21(18,19)9-6-5-8(13)12(15)11(9)14/h5-6H,3-4,7H2,1-2H3. The van der Waals surface area contributed by atoms with Crippen LogP contribution in [0.1, 0.15) is 12.8 Å². The van der Waals surface area contributed by atoms with Gasteiger partial charge in [0.25, 0.3) is 0 Å². The van der Waals surface area contributed by atoms with Gasteiger partial charge in [-0.05, 0) is 18.6 Å². The third kappa shape index (κ3) is 4.29. The molecule has 0 unspecified atom stereocenters. The average Bonchev–Trinajstić information content (AvgIpc) is 2.44. The molecule has 118 valence electrons. The van der Waals surface area contributed by atoms with Crippen LogP contribution in [-0.4, -0.2) is 39.4 Å². The number of methoxy groups -OCH3 is 1. The number of carbonyl (C=O) groups excluding carboxylic acids is 1. The van der Waals surface area contributed by atoms with Gasteiger partial charge in [-0.2, -0.15) is 0 Å². The maximum Gasteiger partial charge on any atom is 0.305 e. The van der Waals surface area contributed by atoms with Crippen molar-refractivity contribution in [3.05, 3.63) is 28.0 Å². The molecule has 0 aliphatic heterocycles. The third-order valence-corrected chi connectivity index (χ3v) is 5.44. The van der Waals surface area contributed by atoms with Crippen LogP contribution in [0.15, 0.2) is 17.0 Å². The van der Waals surface area contributed by atoms with Gasteiger partial charge in [0.2, 0.25) is 10.0 Å². The van der Waals surface area contributed by atoms with Gasteiger partial charge < -0.3 is 4.74 Å². The summed E-state index contributed by atoms with van der Waals surface area (Å²) in [5, 5.41) is -0.811. The summed E-state index contributed by atoms with van der Waals surface area (Å²) in [6.45, 7) is 0.0675. The van der Waals surface area contributed by atoms with E-state index in [-0.39, 0.29) is 29.3 Å². The van der Waals surface area contributed by atoms with Crippen molar-refractivity contribution in [1.82, 2.24) is 4.31 Å². The second-order valence-electron chi connectivity index (χ2n) is 4.18. The molecule has 0 aromatic heterocycles. The fraction of sp³-hybridized carbons (Fsp3) is 0.417. The van der Waals surface area contributed by atoms with Crippen molar-refractivity contribution in [2.45, 2.75) is 17.7 Å². The molecule has 21 heavy (non-hydrogen) atoms. The van der Waals surface area contributed by atoms with Crippen LogP contribution in [0.2, 0.25) is 10.0 Å². The predicted molar refractivity (Wildman–Crippen MR) is 77.5 cm³/mol. The van der Waals surface area contributed by atoms with E-state index in [0.717, 1.165) is 16.4 Å². The van der Waals surface area contributed by atoms with E-state index >= 15 is 0 Å². The van der Waals surface area contributed by atoms with Gasteiger partial charge in [0.15, 0.2) is 5.82 Å². The molecule has 0 amide bonds. The zero-order valence-electron chi connectivity index (χ0n) is 11.4. The van der Waals surface area contributed by atoms with Crippen molar-refractivity contribution < 1.29 is 22.3 Å². The van der Waals surface area contributed by atoms with E-state index in [2.05, 4.69) is 4.74 Å². The number of benzene rings is 1. The van der Waals surface area contributed by atoms with E-state index in [1.807, 2.05) is 0 Å². The largest absolute Gasteiger partial charge is 0.469 e. The lowest BCUT2D eigenvalue weighted by atomic mass is 10.3. The lowest BCUT2D eigenvalue weighted by molar-refractivity contribution is -0.140. The summed E-state index contributed by atoms with van der Waals surface area (Å²) in [5.41, 5.74) is 0. The first-order chi connectivity index (χ1) is 9.71. The Labute approximate surface area is 132 Å². The number of nitrogens with zero attached hydrogens (tertiary/aromatic N) is 1. The Morgan fingerprint density at radius 1 is 1.38 bits per heavy atom. The summed E-state index contributed by atoms with van der Waals surface area (Å²) in [6, 6.07) is 2.26. The molecule has 1 rings (SSSR count). The SMILES string of the molecule is COC(=O)CCCN(C)S(=O)(=O)c1ccc(Cl)c(F)c1Cl. The quantitative estimate of drug-likeness (QED) is 0.579. The number of rotatable bonds is 6. The minimum Gasteiger partial charge on any atom is -0.469 e. The Bertz CT molecular complexity index is 636. The molecule has 0 N–H and O–H groups in total. The third-order valence-electron chi connectivity index (χ3n) is 2.77. The topological polar surface area (TPSA) is 63.7 Å². The Balaban J connectivity index is 2.91. The Kier molecular flexibility index (Phi) is 6.40. The molecule has 0 radical (unpaired) electrons. The number of hydrogen-bond donors (Lipinski definition) is 0. The predicted octanol–water partition coefficient (Wildman–Crippen LogP) is 2.71. The highest BCUT2D eigenvalue weighted by Gasteiger charge is 2.26. The molecule has 0 fully saturated rings. The van der Waals surface area contributed by atoms with E-state index in [4.69, 9.17) is 23.2 Å². The number of carbonyl (C=O) groups is 1. The molecule has 0 atom stereocenters. The molecule has 0 heterocycles. The Morgan fingerprint density at radius 2 is 2.00 bits per heavy atom. The van der Waals surface area contributed by atoms with Gasteiger partial charge >= 0.3 is 5.97 Å². The van der Waals surface area contributed by atoms with E-state index in [1.165, 1.54) is 14.2 Å². The summed E-state index contributed by atoms with van der Waals surface area (Å²) in [7, 11) is -1.40. The molecule has 0 aliphatic rings. The molecule has 0 aliphatic carbocycles. The fourth-order valence-electron chi connectivity index (χ4n) is 1.54. The highest BCUT2D eigenvalue weighted by atomic mass is 35.5. The summed E-state index contributed by atoms with van der Waals surface area (Å²) in [4.78, 5) is 10.6. The van der Waals surface area contributed by atoms with Gasteiger partial charge in [0, 0.05) is 20.0 Å². The maximum atomic E-state index is 13.6. The first kappa shape index (κ1) is 18.2. The molecule has 0 spiro atoms. The molecule has 0 saturated heterocycles. The van der Waals surface area contributed by atoms with Crippen LogP contribution in [0.25, 0.3) is 0 Å². The van der Waals surface area contributed by atoms with Crippen LogP contribution in [-0.2, 0) is 19.6 Å². The van der Waals surface area contributed by atoms with Crippen molar-refractivity contribution in [2.75, 3.05) is 20.7 Å². The van der Waals surface area contributed by atoms with Crippen LogP contribution >= 0.6 is 23.2 Å². The molecule has 5 nitrogen and oxygen atoms in total.